The van der Waals surface area contributed by atoms with Gasteiger partial charge in [-0.15, -0.1) is 0 Å². The minimum Gasteiger partial charge on any atom is -0.382 e. The molecule has 0 fully saturated rings. The highest BCUT2D eigenvalue weighted by atomic mass is 79.9. The first-order valence-electron chi connectivity index (χ1n) is 4.52. The van der Waals surface area contributed by atoms with E-state index in [-0.39, 0.29) is 12.2 Å². The van der Waals surface area contributed by atoms with E-state index in [0.29, 0.717) is 11.1 Å². The molecular weight excluding hydrogens is 281 g/mol. The van der Waals surface area contributed by atoms with Crippen molar-refractivity contribution in [3.63, 3.8) is 0 Å². The molecule has 1 amide bonds. The fourth-order valence-electron chi connectivity index (χ4n) is 1.01. The molecule has 0 saturated heterocycles. The molecule has 0 saturated carbocycles. The summed E-state index contributed by atoms with van der Waals surface area (Å²) in [4.78, 5) is 16.3. The van der Waals surface area contributed by atoms with Crippen LogP contribution in [0, 0.1) is 5.82 Å². The van der Waals surface area contributed by atoms with Crippen molar-refractivity contribution in [3.05, 3.63) is 34.1 Å². The standard InChI is InChI=1S/C10H11BrFNO3/c1-15-5-6-16-13-10(14)9-7(11)3-2-4-8(9)12/h2-4H,5-6H2,1H3,(H,13,14). The monoisotopic (exact) mass is 291 g/mol. The van der Waals surface area contributed by atoms with Gasteiger partial charge in [-0.3, -0.25) is 9.63 Å². The van der Waals surface area contributed by atoms with Crippen LogP contribution in [0.15, 0.2) is 22.7 Å². The van der Waals surface area contributed by atoms with E-state index >= 15 is 0 Å². The Balaban J connectivity index is 2.59. The average Bonchev–Trinajstić information content (AvgIpc) is 2.24. The normalized spacial score (nSPS) is 10.2. The maximum absolute atomic E-state index is 13.3. The fourth-order valence-corrected chi connectivity index (χ4v) is 1.53. The van der Waals surface area contributed by atoms with Crippen molar-refractivity contribution in [2.45, 2.75) is 0 Å². The Bertz CT molecular complexity index is 353. The molecule has 16 heavy (non-hydrogen) atoms. The summed E-state index contributed by atoms with van der Waals surface area (Å²) < 4.78 is 18.4. The molecule has 0 aromatic heterocycles. The van der Waals surface area contributed by atoms with Crippen molar-refractivity contribution in [1.82, 2.24) is 5.48 Å². The minimum absolute atomic E-state index is 0.0834. The van der Waals surface area contributed by atoms with Crippen molar-refractivity contribution in [2.75, 3.05) is 20.3 Å². The summed E-state index contributed by atoms with van der Waals surface area (Å²) in [7, 11) is 1.51. The molecule has 0 spiro atoms. The van der Waals surface area contributed by atoms with E-state index in [2.05, 4.69) is 21.4 Å². The number of rotatable bonds is 5. The van der Waals surface area contributed by atoms with E-state index in [1.54, 1.807) is 6.07 Å². The minimum atomic E-state index is -0.638. The number of amides is 1. The maximum atomic E-state index is 13.3. The van der Waals surface area contributed by atoms with Gasteiger partial charge < -0.3 is 4.74 Å². The quantitative estimate of drug-likeness (QED) is 0.666. The molecule has 0 unspecified atom stereocenters. The molecule has 0 atom stereocenters. The first-order valence-corrected chi connectivity index (χ1v) is 5.31. The van der Waals surface area contributed by atoms with Crippen molar-refractivity contribution < 1.29 is 18.8 Å². The number of benzene rings is 1. The lowest BCUT2D eigenvalue weighted by molar-refractivity contribution is 0.00860. The summed E-state index contributed by atoms with van der Waals surface area (Å²) in [6, 6.07) is 4.28. The summed E-state index contributed by atoms with van der Waals surface area (Å²) >= 11 is 3.09. The molecule has 0 aliphatic carbocycles. The molecule has 6 heteroatoms. The Morgan fingerprint density at radius 2 is 2.25 bits per heavy atom. The number of hydroxylamine groups is 1. The predicted octanol–water partition coefficient (Wildman–Crippen LogP) is 1.90. The van der Waals surface area contributed by atoms with E-state index in [9.17, 15) is 9.18 Å². The number of nitrogens with one attached hydrogen (secondary N) is 1. The number of ether oxygens (including phenoxy) is 1. The predicted molar refractivity (Wildman–Crippen MR) is 59.4 cm³/mol. The molecule has 0 heterocycles. The average molecular weight is 292 g/mol. The number of carbonyl (C=O) groups excluding carboxylic acids is 1. The van der Waals surface area contributed by atoms with Crippen molar-refractivity contribution >= 4 is 21.8 Å². The van der Waals surface area contributed by atoms with Crippen LogP contribution >= 0.6 is 15.9 Å². The number of hydrogen-bond donors (Lipinski definition) is 1. The Labute approximate surface area is 101 Å². The molecule has 0 aliphatic rings. The van der Waals surface area contributed by atoms with Gasteiger partial charge in [0.25, 0.3) is 5.91 Å². The SMILES string of the molecule is COCCONC(=O)c1c(F)cccc1Br. The Hall–Kier alpha value is -0.980. The van der Waals surface area contributed by atoms with Gasteiger partial charge in [-0.05, 0) is 28.1 Å². The van der Waals surface area contributed by atoms with Gasteiger partial charge in [0, 0.05) is 11.6 Å². The van der Waals surface area contributed by atoms with Crippen LogP contribution in [0.25, 0.3) is 0 Å². The van der Waals surface area contributed by atoms with Gasteiger partial charge in [0.15, 0.2) is 0 Å². The van der Waals surface area contributed by atoms with Crippen LogP contribution in [-0.2, 0) is 9.57 Å². The van der Waals surface area contributed by atoms with E-state index in [1.807, 2.05) is 0 Å². The molecule has 0 aliphatic heterocycles. The zero-order chi connectivity index (χ0) is 12.0. The zero-order valence-corrected chi connectivity index (χ0v) is 10.2. The molecule has 1 N–H and O–H groups in total. The molecule has 0 bridgehead atoms. The van der Waals surface area contributed by atoms with Crippen molar-refractivity contribution in [1.29, 1.82) is 0 Å². The maximum Gasteiger partial charge on any atom is 0.278 e. The van der Waals surface area contributed by atoms with E-state index < -0.39 is 11.7 Å². The van der Waals surface area contributed by atoms with Crippen LogP contribution in [0.1, 0.15) is 10.4 Å². The van der Waals surface area contributed by atoms with Crippen LogP contribution in [0.5, 0.6) is 0 Å². The lowest BCUT2D eigenvalue weighted by Crippen LogP contribution is -2.26. The highest BCUT2D eigenvalue weighted by molar-refractivity contribution is 9.10. The molecule has 88 valence electrons. The lowest BCUT2D eigenvalue weighted by atomic mass is 10.2. The van der Waals surface area contributed by atoms with Crippen molar-refractivity contribution in [3.8, 4) is 0 Å². The highest BCUT2D eigenvalue weighted by Crippen LogP contribution is 2.19. The van der Waals surface area contributed by atoms with E-state index in [0.717, 1.165) is 0 Å². The van der Waals surface area contributed by atoms with Crippen molar-refractivity contribution in [2.24, 2.45) is 0 Å². The molecule has 1 aromatic rings. The summed E-state index contributed by atoms with van der Waals surface area (Å²) in [5.74, 6) is -1.25. The van der Waals surface area contributed by atoms with Crippen LogP contribution in [0.3, 0.4) is 0 Å². The lowest BCUT2D eigenvalue weighted by Gasteiger charge is -2.07. The number of methoxy groups -OCH3 is 1. The third kappa shape index (κ3) is 3.55. The summed E-state index contributed by atoms with van der Waals surface area (Å²) in [5.41, 5.74) is 2.04. The van der Waals surface area contributed by atoms with Crippen LogP contribution in [-0.4, -0.2) is 26.2 Å². The fraction of sp³-hybridized carbons (Fsp3) is 0.300. The third-order valence-corrected chi connectivity index (χ3v) is 2.41. The second kappa shape index (κ2) is 6.57. The third-order valence-electron chi connectivity index (χ3n) is 1.74. The van der Waals surface area contributed by atoms with E-state index in [4.69, 9.17) is 9.57 Å². The van der Waals surface area contributed by atoms with Gasteiger partial charge >= 0.3 is 0 Å². The largest absolute Gasteiger partial charge is 0.382 e. The summed E-state index contributed by atoms with van der Waals surface area (Å²) in [6.45, 7) is 0.549. The summed E-state index contributed by atoms with van der Waals surface area (Å²) in [5, 5.41) is 0. The smallest absolute Gasteiger partial charge is 0.278 e. The Kier molecular flexibility index (Phi) is 5.37. The van der Waals surface area contributed by atoms with Crippen LogP contribution in [0.2, 0.25) is 0 Å². The molecular formula is C10H11BrFNO3. The van der Waals surface area contributed by atoms with Gasteiger partial charge in [0.1, 0.15) is 5.82 Å². The van der Waals surface area contributed by atoms with Crippen LogP contribution in [0.4, 0.5) is 4.39 Å². The first-order chi connectivity index (χ1) is 7.66. The molecule has 1 rings (SSSR count). The molecule has 1 aromatic carbocycles. The summed E-state index contributed by atoms with van der Waals surface area (Å²) in [6.07, 6.45) is 0. The number of hydrogen-bond acceptors (Lipinski definition) is 3. The number of halogens is 2. The Morgan fingerprint density at radius 3 is 2.88 bits per heavy atom. The van der Waals surface area contributed by atoms with E-state index in [1.165, 1.54) is 19.2 Å². The topological polar surface area (TPSA) is 47.6 Å². The van der Waals surface area contributed by atoms with Crippen LogP contribution < -0.4 is 5.48 Å². The van der Waals surface area contributed by atoms with Gasteiger partial charge in [0.2, 0.25) is 0 Å². The first kappa shape index (κ1) is 13.1. The molecule has 0 radical (unpaired) electrons. The highest BCUT2D eigenvalue weighted by Gasteiger charge is 2.14. The zero-order valence-electron chi connectivity index (χ0n) is 8.63. The van der Waals surface area contributed by atoms with Gasteiger partial charge in [0.05, 0.1) is 18.8 Å². The van der Waals surface area contributed by atoms with Gasteiger partial charge in [-0.25, -0.2) is 9.87 Å². The second-order valence-electron chi connectivity index (χ2n) is 2.87. The second-order valence-corrected chi connectivity index (χ2v) is 3.72. The van der Waals surface area contributed by atoms with Gasteiger partial charge in [-0.1, -0.05) is 6.07 Å². The Morgan fingerprint density at radius 1 is 1.50 bits per heavy atom. The van der Waals surface area contributed by atoms with Gasteiger partial charge in [-0.2, -0.15) is 0 Å². The number of carbonyl (C=O) groups is 1. The molecule has 4 nitrogen and oxygen atoms in total.